The standard InChI is InChI=1S/C13H23N2O/c1-4-5-6-7-8-14-9-10-15(13(14)3)11-12(2)16/h9-10H,4-8,11H2,1-3H3/q+1. The van der Waals surface area contributed by atoms with Crippen molar-refractivity contribution < 1.29 is 9.36 Å². The smallest absolute Gasteiger partial charge is 0.253 e. The molecule has 0 radical (unpaired) electrons. The van der Waals surface area contributed by atoms with Gasteiger partial charge in [-0.25, -0.2) is 9.13 Å². The summed E-state index contributed by atoms with van der Waals surface area (Å²) in [7, 11) is 0. The van der Waals surface area contributed by atoms with Crippen molar-refractivity contribution in [3.8, 4) is 0 Å². The number of carbonyl (C=O) groups is 1. The maximum atomic E-state index is 11.0. The molecule has 1 heterocycles. The number of hydrogen-bond acceptors (Lipinski definition) is 1. The van der Waals surface area contributed by atoms with Crippen LogP contribution in [0.1, 0.15) is 45.4 Å². The average molecular weight is 223 g/mol. The molecule has 0 atom stereocenters. The molecule has 0 bridgehead atoms. The van der Waals surface area contributed by atoms with E-state index in [1.807, 2.05) is 10.8 Å². The molecule has 1 aromatic heterocycles. The molecule has 0 aliphatic heterocycles. The van der Waals surface area contributed by atoms with Crippen LogP contribution in [0, 0.1) is 6.92 Å². The molecule has 0 fully saturated rings. The van der Waals surface area contributed by atoms with E-state index in [2.05, 4.69) is 24.6 Å². The summed E-state index contributed by atoms with van der Waals surface area (Å²) in [5, 5.41) is 0. The summed E-state index contributed by atoms with van der Waals surface area (Å²) < 4.78 is 4.25. The molecule has 90 valence electrons. The first-order valence-corrected chi connectivity index (χ1v) is 6.19. The third kappa shape index (κ3) is 3.80. The molecule has 0 aromatic carbocycles. The predicted octanol–water partition coefficient (Wildman–Crippen LogP) is 2.25. The van der Waals surface area contributed by atoms with Crippen LogP contribution >= 0.6 is 0 Å². The lowest BCUT2D eigenvalue weighted by atomic mass is 10.2. The summed E-state index contributed by atoms with van der Waals surface area (Å²) in [4.78, 5) is 11.0. The number of aryl methyl sites for hydroxylation is 1. The number of nitrogens with zero attached hydrogens (tertiary/aromatic N) is 2. The van der Waals surface area contributed by atoms with E-state index in [0.29, 0.717) is 6.54 Å². The van der Waals surface area contributed by atoms with Gasteiger partial charge in [-0.1, -0.05) is 19.8 Å². The highest BCUT2D eigenvalue weighted by molar-refractivity contribution is 5.73. The van der Waals surface area contributed by atoms with Gasteiger partial charge in [-0.15, -0.1) is 0 Å². The van der Waals surface area contributed by atoms with E-state index in [1.165, 1.54) is 31.5 Å². The van der Waals surface area contributed by atoms with Crippen molar-refractivity contribution >= 4 is 5.78 Å². The van der Waals surface area contributed by atoms with Crippen LogP contribution in [0.5, 0.6) is 0 Å². The zero-order valence-electron chi connectivity index (χ0n) is 10.7. The number of carbonyl (C=O) groups excluding carboxylic acids is 1. The van der Waals surface area contributed by atoms with Gasteiger partial charge in [-0.3, -0.25) is 4.79 Å². The first-order chi connectivity index (χ1) is 7.65. The molecule has 1 aromatic rings. The Morgan fingerprint density at radius 1 is 1.38 bits per heavy atom. The van der Waals surface area contributed by atoms with Crippen molar-refractivity contribution in [1.29, 1.82) is 0 Å². The summed E-state index contributed by atoms with van der Waals surface area (Å²) in [5.74, 6) is 1.38. The van der Waals surface area contributed by atoms with Crippen LogP contribution in [0.3, 0.4) is 0 Å². The highest BCUT2D eigenvalue weighted by atomic mass is 16.1. The van der Waals surface area contributed by atoms with Gasteiger partial charge in [0, 0.05) is 6.92 Å². The van der Waals surface area contributed by atoms with Crippen LogP contribution in [0.2, 0.25) is 0 Å². The Hall–Kier alpha value is -1.12. The molecule has 3 nitrogen and oxygen atoms in total. The third-order valence-corrected chi connectivity index (χ3v) is 2.90. The largest absolute Gasteiger partial charge is 0.296 e. The topological polar surface area (TPSA) is 25.9 Å². The summed E-state index contributed by atoms with van der Waals surface area (Å²) in [6, 6.07) is 0. The molecule has 1 rings (SSSR count). The summed E-state index contributed by atoms with van der Waals surface area (Å²) >= 11 is 0. The Labute approximate surface area is 98.1 Å². The van der Waals surface area contributed by atoms with E-state index in [0.717, 1.165) is 6.54 Å². The Kier molecular flexibility index (Phi) is 5.23. The van der Waals surface area contributed by atoms with Gasteiger partial charge in [-0.2, -0.15) is 0 Å². The van der Waals surface area contributed by atoms with Crippen molar-refractivity contribution in [3.63, 3.8) is 0 Å². The van der Waals surface area contributed by atoms with E-state index in [9.17, 15) is 4.79 Å². The summed E-state index contributed by atoms with van der Waals surface area (Å²) in [5.41, 5.74) is 0. The summed E-state index contributed by atoms with van der Waals surface area (Å²) in [6.07, 6.45) is 9.17. The lowest BCUT2D eigenvalue weighted by molar-refractivity contribution is -0.689. The van der Waals surface area contributed by atoms with Crippen LogP contribution < -0.4 is 4.57 Å². The van der Waals surface area contributed by atoms with Crippen LogP contribution in [-0.2, 0) is 17.9 Å². The van der Waals surface area contributed by atoms with Crippen LogP contribution in [0.25, 0.3) is 0 Å². The highest BCUT2D eigenvalue weighted by Gasteiger charge is 2.12. The van der Waals surface area contributed by atoms with Gasteiger partial charge in [0.15, 0.2) is 5.78 Å². The molecule has 0 N–H and O–H groups in total. The minimum absolute atomic E-state index is 0.205. The minimum atomic E-state index is 0.205. The average Bonchev–Trinajstić information content (AvgIpc) is 2.56. The zero-order chi connectivity index (χ0) is 12.0. The van der Waals surface area contributed by atoms with Crippen LogP contribution in [-0.4, -0.2) is 10.4 Å². The predicted molar refractivity (Wildman–Crippen MR) is 64.2 cm³/mol. The fourth-order valence-electron chi connectivity index (χ4n) is 1.89. The first-order valence-electron chi connectivity index (χ1n) is 6.19. The zero-order valence-corrected chi connectivity index (χ0v) is 10.7. The molecule has 3 heteroatoms. The maximum Gasteiger partial charge on any atom is 0.253 e. The van der Waals surface area contributed by atoms with E-state index in [4.69, 9.17) is 0 Å². The third-order valence-electron chi connectivity index (χ3n) is 2.90. The molecule has 0 amide bonds. The monoisotopic (exact) mass is 223 g/mol. The number of hydrogen-bond donors (Lipinski definition) is 0. The van der Waals surface area contributed by atoms with E-state index in [-0.39, 0.29) is 5.78 Å². The fraction of sp³-hybridized carbons (Fsp3) is 0.692. The minimum Gasteiger partial charge on any atom is -0.296 e. The van der Waals surface area contributed by atoms with E-state index < -0.39 is 0 Å². The van der Waals surface area contributed by atoms with Gasteiger partial charge in [0.05, 0.1) is 6.54 Å². The highest BCUT2D eigenvalue weighted by Crippen LogP contribution is 2.03. The van der Waals surface area contributed by atoms with Crippen molar-refractivity contribution in [2.75, 3.05) is 0 Å². The molecular formula is C13H23N2O+. The van der Waals surface area contributed by atoms with E-state index in [1.54, 1.807) is 6.92 Å². The molecule has 16 heavy (non-hydrogen) atoms. The SMILES string of the molecule is CCCCCCn1cc[n+](CC(C)=O)c1C. The molecule has 0 unspecified atom stereocenters. The van der Waals surface area contributed by atoms with Gasteiger partial charge in [0.2, 0.25) is 0 Å². The molecule has 0 saturated heterocycles. The van der Waals surface area contributed by atoms with Gasteiger partial charge in [0.1, 0.15) is 18.9 Å². The number of ketones is 1. The second-order valence-electron chi connectivity index (χ2n) is 4.43. The van der Waals surface area contributed by atoms with Crippen molar-refractivity contribution in [2.45, 2.75) is 59.5 Å². The maximum absolute atomic E-state index is 11.0. The second-order valence-corrected chi connectivity index (χ2v) is 4.43. The molecule has 0 saturated carbocycles. The Morgan fingerprint density at radius 2 is 2.12 bits per heavy atom. The van der Waals surface area contributed by atoms with Crippen LogP contribution in [0.15, 0.2) is 12.4 Å². The quantitative estimate of drug-likeness (QED) is 0.514. The molecule has 0 spiro atoms. The lowest BCUT2D eigenvalue weighted by Gasteiger charge is -2.00. The Morgan fingerprint density at radius 3 is 2.75 bits per heavy atom. The molecule has 0 aliphatic rings. The van der Waals surface area contributed by atoms with E-state index >= 15 is 0 Å². The molecule has 0 aliphatic carbocycles. The number of unbranched alkanes of at least 4 members (excludes halogenated alkanes) is 3. The van der Waals surface area contributed by atoms with Crippen molar-refractivity contribution in [2.24, 2.45) is 0 Å². The summed E-state index contributed by atoms with van der Waals surface area (Å²) in [6.45, 7) is 7.49. The Balaban J connectivity index is 2.48. The van der Waals surface area contributed by atoms with Crippen molar-refractivity contribution in [3.05, 3.63) is 18.2 Å². The van der Waals surface area contributed by atoms with Gasteiger partial charge >= 0.3 is 0 Å². The lowest BCUT2D eigenvalue weighted by Crippen LogP contribution is -2.38. The first kappa shape index (κ1) is 12.9. The van der Waals surface area contributed by atoms with Crippen LogP contribution in [0.4, 0.5) is 0 Å². The normalized spacial score (nSPS) is 10.7. The second kappa shape index (κ2) is 6.46. The number of Topliss-reactive ketones (excluding diaryl/α,β-unsaturated/α-hetero) is 1. The number of imidazole rings is 1. The molecular weight excluding hydrogens is 200 g/mol. The van der Waals surface area contributed by atoms with Gasteiger partial charge < -0.3 is 0 Å². The Bertz CT molecular complexity index is 342. The fourth-order valence-corrected chi connectivity index (χ4v) is 1.89. The number of rotatable bonds is 7. The number of aromatic nitrogens is 2. The van der Waals surface area contributed by atoms with Crippen molar-refractivity contribution in [1.82, 2.24) is 4.57 Å². The van der Waals surface area contributed by atoms with Gasteiger partial charge in [-0.05, 0) is 19.8 Å². The van der Waals surface area contributed by atoms with Gasteiger partial charge in [0.25, 0.3) is 5.82 Å².